The molecule has 1 aromatic carbocycles. The van der Waals surface area contributed by atoms with E-state index in [1.807, 2.05) is 18.2 Å². The standard InChI is InChI=1S/C14H14N2O3/c17-14(18)12-4-2-10-1-3-11(9-13(10)15-12)16-5-7-19-8-6-16/h1-4,9H,5-8H2,(H,17,18). The minimum Gasteiger partial charge on any atom is -0.477 e. The molecular formula is C14H14N2O3. The van der Waals surface area contributed by atoms with Crippen LogP contribution in [0.4, 0.5) is 5.69 Å². The minimum atomic E-state index is -1.00. The van der Waals surface area contributed by atoms with Crippen LogP contribution in [0.2, 0.25) is 0 Å². The Morgan fingerprint density at radius 2 is 1.95 bits per heavy atom. The molecule has 0 unspecified atom stereocenters. The van der Waals surface area contributed by atoms with Crippen LogP contribution in [0.3, 0.4) is 0 Å². The lowest BCUT2D eigenvalue weighted by molar-refractivity contribution is 0.0691. The molecule has 0 radical (unpaired) electrons. The second kappa shape index (κ2) is 4.85. The smallest absolute Gasteiger partial charge is 0.354 e. The molecule has 0 saturated carbocycles. The fraction of sp³-hybridized carbons (Fsp3) is 0.286. The van der Waals surface area contributed by atoms with Crippen molar-refractivity contribution in [2.45, 2.75) is 0 Å². The summed E-state index contributed by atoms with van der Waals surface area (Å²) < 4.78 is 5.32. The minimum absolute atomic E-state index is 0.0756. The van der Waals surface area contributed by atoms with E-state index in [1.54, 1.807) is 6.07 Å². The van der Waals surface area contributed by atoms with Crippen molar-refractivity contribution >= 4 is 22.6 Å². The molecule has 1 N–H and O–H groups in total. The van der Waals surface area contributed by atoms with Crippen LogP contribution in [0.5, 0.6) is 0 Å². The van der Waals surface area contributed by atoms with Gasteiger partial charge in [0.1, 0.15) is 5.69 Å². The number of hydrogen-bond donors (Lipinski definition) is 1. The molecule has 1 aliphatic rings. The Morgan fingerprint density at radius 1 is 1.21 bits per heavy atom. The molecule has 1 aromatic heterocycles. The molecule has 98 valence electrons. The van der Waals surface area contributed by atoms with Gasteiger partial charge in [0.15, 0.2) is 0 Å². The molecule has 0 spiro atoms. The van der Waals surface area contributed by atoms with Crippen LogP contribution in [0.25, 0.3) is 10.9 Å². The van der Waals surface area contributed by atoms with Gasteiger partial charge < -0.3 is 14.7 Å². The molecule has 3 rings (SSSR count). The van der Waals surface area contributed by atoms with Crippen molar-refractivity contribution in [3.8, 4) is 0 Å². The number of anilines is 1. The number of benzene rings is 1. The SMILES string of the molecule is O=C(O)c1ccc2ccc(N3CCOCC3)cc2n1. The van der Waals surface area contributed by atoms with E-state index in [-0.39, 0.29) is 5.69 Å². The summed E-state index contributed by atoms with van der Waals surface area (Å²) in [6, 6.07) is 9.26. The molecule has 1 aliphatic heterocycles. The summed E-state index contributed by atoms with van der Waals surface area (Å²) in [5.41, 5.74) is 1.85. The zero-order chi connectivity index (χ0) is 13.2. The van der Waals surface area contributed by atoms with E-state index in [2.05, 4.69) is 9.88 Å². The average Bonchev–Trinajstić information content (AvgIpc) is 2.47. The fourth-order valence-corrected chi connectivity index (χ4v) is 2.24. The Kier molecular flexibility index (Phi) is 3.05. The Morgan fingerprint density at radius 3 is 2.68 bits per heavy atom. The van der Waals surface area contributed by atoms with E-state index in [4.69, 9.17) is 9.84 Å². The number of carbonyl (C=O) groups is 1. The van der Waals surface area contributed by atoms with Gasteiger partial charge in [-0.05, 0) is 18.2 Å². The van der Waals surface area contributed by atoms with Crippen LogP contribution in [-0.2, 0) is 4.74 Å². The second-order valence-corrected chi connectivity index (χ2v) is 4.48. The van der Waals surface area contributed by atoms with Gasteiger partial charge in [-0.25, -0.2) is 9.78 Å². The number of ether oxygens (including phenoxy) is 1. The van der Waals surface area contributed by atoms with Gasteiger partial charge in [0.2, 0.25) is 0 Å². The highest BCUT2D eigenvalue weighted by atomic mass is 16.5. The van der Waals surface area contributed by atoms with Gasteiger partial charge in [0, 0.05) is 24.2 Å². The Bertz CT molecular complexity index is 621. The zero-order valence-corrected chi connectivity index (χ0v) is 10.4. The maximum absolute atomic E-state index is 10.9. The van der Waals surface area contributed by atoms with Crippen LogP contribution < -0.4 is 4.90 Å². The third-order valence-electron chi connectivity index (χ3n) is 3.27. The van der Waals surface area contributed by atoms with Gasteiger partial charge in [-0.15, -0.1) is 0 Å². The third-order valence-corrected chi connectivity index (χ3v) is 3.27. The Labute approximate surface area is 110 Å². The number of carboxylic acid groups (broad SMARTS) is 1. The van der Waals surface area contributed by atoms with Crippen LogP contribution in [0.15, 0.2) is 30.3 Å². The Balaban J connectivity index is 2.00. The first-order valence-electron chi connectivity index (χ1n) is 6.21. The quantitative estimate of drug-likeness (QED) is 0.889. The van der Waals surface area contributed by atoms with E-state index < -0.39 is 5.97 Å². The number of nitrogens with zero attached hydrogens (tertiary/aromatic N) is 2. The number of fused-ring (bicyclic) bond motifs is 1. The predicted molar refractivity (Wildman–Crippen MR) is 71.7 cm³/mol. The van der Waals surface area contributed by atoms with Gasteiger partial charge in [-0.1, -0.05) is 12.1 Å². The van der Waals surface area contributed by atoms with Gasteiger partial charge in [0.25, 0.3) is 0 Å². The van der Waals surface area contributed by atoms with Crippen molar-refractivity contribution in [3.63, 3.8) is 0 Å². The number of aromatic carboxylic acids is 1. The largest absolute Gasteiger partial charge is 0.477 e. The molecule has 0 aliphatic carbocycles. The van der Waals surface area contributed by atoms with Gasteiger partial charge in [0.05, 0.1) is 18.7 Å². The van der Waals surface area contributed by atoms with Crippen LogP contribution in [-0.4, -0.2) is 42.4 Å². The average molecular weight is 258 g/mol. The Hall–Kier alpha value is -2.14. The van der Waals surface area contributed by atoms with Crippen molar-refractivity contribution in [1.29, 1.82) is 0 Å². The molecule has 0 bridgehead atoms. The topological polar surface area (TPSA) is 62.7 Å². The van der Waals surface area contributed by atoms with Crippen molar-refractivity contribution in [3.05, 3.63) is 36.0 Å². The van der Waals surface area contributed by atoms with Crippen molar-refractivity contribution in [2.75, 3.05) is 31.2 Å². The monoisotopic (exact) mass is 258 g/mol. The van der Waals surface area contributed by atoms with Crippen molar-refractivity contribution < 1.29 is 14.6 Å². The van der Waals surface area contributed by atoms with Crippen LogP contribution in [0, 0.1) is 0 Å². The summed E-state index contributed by atoms with van der Waals surface area (Å²) >= 11 is 0. The molecule has 0 amide bonds. The maximum Gasteiger partial charge on any atom is 0.354 e. The molecular weight excluding hydrogens is 244 g/mol. The van der Waals surface area contributed by atoms with Crippen molar-refractivity contribution in [1.82, 2.24) is 4.98 Å². The number of morpholine rings is 1. The van der Waals surface area contributed by atoms with E-state index in [1.165, 1.54) is 6.07 Å². The zero-order valence-electron chi connectivity index (χ0n) is 10.4. The second-order valence-electron chi connectivity index (χ2n) is 4.48. The molecule has 0 atom stereocenters. The number of aromatic nitrogens is 1. The third kappa shape index (κ3) is 2.37. The van der Waals surface area contributed by atoms with E-state index in [0.29, 0.717) is 5.52 Å². The van der Waals surface area contributed by atoms with Crippen molar-refractivity contribution in [2.24, 2.45) is 0 Å². The molecule has 19 heavy (non-hydrogen) atoms. The normalized spacial score (nSPS) is 15.7. The number of rotatable bonds is 2. The summed E-state index contributed by atoms with van der Waals surface area (Å²) in [5, 5.41) is 9.92. The summed E-state index contributed by atoms with van der Waals surface area (Å²) in [6.07, 6.45) is 0. The van der Waals surface area contributed by atoms with Gasteiger partial charge in [-0.2, -0.15) is 0 Å². The lowest BCUT2D eigenvalue weighted by Gasteiger charge is -2.28. The fourth-order valence-electron chi connectivity index (χ4n) is 2.24. The molecule has 2 heterocycles. The maximum atomic E-state index is 10.9. The summed E-state index contributed by atoms with van der Waals surface area (Å²) in [7, 11) is 0. The molecule has 2 aromatic rings. The number of hydrogen-bond acceptors (Lipinski definition) is 4. The number of pyridine rings is 1. The van der Waals surface area contributed by atoms with Gasteiger partial charge >= 0.3 is 5.97 Å². The number of carboxylic acids is 1. The molecule has 5 heteroatoms. The highest BCUT2D eigenvalue weighted by Crippen LogP contribution is 2.22. The predicted octanol–water partition coefficient (Wildman–Crippen LogP) is 1.77. The van der Waals surface area contributed by atoms with Gasteiger partial charge in [-0.3, -0.25) is 0 Å². The van der Waals surface area contributed by atoms with Crippen LogP contribution >= 0.6 is 0 Å². The highest BCUT2D eigenvalue weighted by Gasteiger charge is 2.12. The first kappa shape index (κ1) is 11.9. The van der Waals surface area contributed by atoms with E-state index in [9.17, 15) is 4.79 Å². The lowest BCUT2D eigenvalue weighted by Crippen LogP contribution is -2.36. The first-order chi connectivity index (χ1) is 9.24. The highest BCUT2D eigenvalue weighted by molar-refractivity contribution is 5.90. The first-order valence-corrected chi connectivity index (χ1v) is 6.21. The lowest BCUT2D eigenvalue weighted by atomic mass is 10.1. The van der Waals surface area contributed by atoms with E-state index >= 15 is 0 Å². The van der Waals surface area contributed by atoms with Crippen LogP contribution in [0.1, 0.15) is 10.5 Å². The summed E-state index contributed by atoms with van der Waals surface area (Å²) in [6.45, 7) is 3.15. The molecule has 1 fully saturated rings. The summed E-state index contributed by atoms with van der Waals surface area (Å²) in [5.74, 6) is -1.00. The summed E-state index contributed by atoms with van der Waals surface area (Å²) in [4.78, 5) is 17.3. The molecule has 5 nitrogen and oxygen atoms in total. The molecule has 1 saturated heterocycles. The van der Waals surface area contributed by atoms with E-state index in [0.717, 1.165) is 37.4 Å².